The van der Waals surface area contributed by atoms with E-state index in [2.05, 4.69) is 29.6 Å². The van der Waals surface area contributed by atoms with Gasteiger partial charge >= 0.3 is 0 Å². The van der Waals surface area contributed by atoms with Crippen molar-refractivity contribution < 1.29 is 14.3 Å². The van der Waals surface area contributed by atoms with Gasteiger partial charge in [-0.1, -0.05) is 0 Å². The van der Waals surface area contributed by atoms with Crippen molar-refractivity contribution in [3.05, 3.63) is 47.9 Å². The quantitative estimate of drug-likeness (QED) is 0.548. The number of aliphatic hydroxyl groups is 1. The second-order valence-corrected chi connectivity index (χ2v) is 5.77. The van der Waals surface area contributed by atoms with E-state index >= 15 is 0 Å². The van der Waals surface area contributed by atoms with Crippen LogP contribution in [-0.2, 0) is 17.9 Å². The average Bonchev–Trinajstić information content (AvgIpc) is 2.95. The van der Waals surface area contributed by atoms with Crippen LogP contribution < -0.4 is 5.32 Å². The molecule has 1 aromatic carbocycles. The van der Waals surface area contributed by atoms with Crippen LogP contribution in [0, 0.1) is 0 Å². The third-order valence-electron chi connectivity index (χ3n) is 2.90. The van der Waals surface area contributed by atoms with Crippen molar-refractivity contribution in [3.63, 3.8) is 0 Å². The molecule has 0 aliphatic rings. The smallest absolute Gasteiger partial charge is 0.129 e. The third kappa shape index (κ3) is 5.46. The number of anilines is 1. The molecule has 0 radical (unpaired) electrons. The maximum absolute atomic E-state index is 8.76. The molecule has 0 aliphatic carbocycles. The first-order valence-corrected chi connectivity index (χ1v) is 7.94. The molecule has 0 atom stereocenters. The molecule has 1 heterocycles. The summed E-state index contributed by atoms with van der Waals surface area (Å²) in [7, 11) is 1.65. The molecule has 114 valence electrons. The third-order valence-corrected chi connectivity index (χ3v) is 3.99. The van der Waals surface area contributed by atoms with Gasteiger partial charge in [0.05, 0.1) is 6.54 Å². The van der Waals surface area contributed by atoms with Gasteiger partial charge in [-0.2, -0.15) is 0 Å². The van der Waals surface area contributed by atoms with Gasteiger partial charge < -0.3 is 19.6 Å². The number of benzene rings is 1. The monoisotopic (exact) mass is 307 g/mol. The number of thioether (sulfide) groups is 1. The molecule has 0 amide bonds. The largest absolute Gasteiger partial charge is 0.462 e. The summed E-state index contributed by atoms with van der Waals surface area (Å²) in [4.78, 5) is 1.22. The zero-order valence-corrected chi connectivity index (χ0v) is 13.0. The van der Waals surface area contributed by atoms with Gasteiger partial charge in [0.1, 0.15) is 18.1 Å². The summed E-state index contributed by atoms with van der Waals surface area (Å²) >= 11 is 1.76. The Balaban J connectivity index is 1.79. The van der Waals surface area contributed by atoms with E-state index in [1.165, 1.54) is 4.90 Å². The molecule has 5 heteroatoms. The lowest BCUT2D eigenvalue weighted by Crippen LogP contribution is -1.97. The van der Waals surface area contributed by atoms with Crippen molar-refractivity contribution in [1.82, 2.24) is 0 Å². The molecule has 21 heavy (non-hydrogen) atoms. The molecule has 0 bridgehead atoms. The number of hydrogen-bond donors (Lipinski definition) is 2. The lowest BCUT2D eigenvalue weighted by molar-refractivity contribution is 0.163. The minimum Gasteiger partial charge on any atom is -0.462 e. The van der Waals surface area contributed by atoms with Crippen LogP contribution in [0.4, 0.5) is 5.69 Å². The summed E-state index contributed by atoms with van der Waals surface area (Å²) in [6.45, 7) is 1.40. The topological polar surface area (TPSA) is 54.6 Å². The molecule has 4 nitrogen and oxygen atoms in total. The van der Waals surface area contributed by atoms with Gasteiger partial charge in [0.2, 0.25) is 0 Å². The van der Waals surface area contributed by atoms with Gasteiger partial charge in [0.25, 0.3) is 0 Å². The van der Waals surface area contributed by atoms with E-state index < -0.39 is 0 Å². The van der Waals surface area contributed by atoms with E-state index in [0.717, 1.165) is 29.4 Å². The van der Waals surface area contributed by atoms with Crippen LogP contribution in [0.5, 0.6) is 0 Å². The van der Waals surface area contributed by atoms with Crippen molar-refractivity contribution in [2.75, 3.05) is 24.8 Å². The lowest BCUT2D eigenvalue weighted by atomic mass is 10.3. The van der Waals surface area contributed by atoms with Crippen molar-refractivity contribution >= 4 is 17.4 Å². The normalized spacial score (nSPS) is 10.8. The highest BCUT2D eigenvalue weighted by Crippen LogP contribution is 2.21. The van der Waals surface area contributed by atoms with Gasteiger partial charge in [0, 0.05) is 30.1 Å². The van der Waals surface area contributed by atoms with E-state index in [1.807, 2.05) is 12.1 Å². The molecule has 2 N–H and O–H groups in total. The Bertz CT molecular complexity index is 525. The number of rotatable bonds is 9. The zero-order valence-electron chi connectivity index (χ0n) is 12.2. The van der Waals surface area contributed by atoms with E-state index in [0.29, 0.717) is 13.2 Å². The number of methoxy groups -OCH3 is 1. The Kier molecular flexibility index (Phi) is 6.66. The Morgan fingerprint density at radius 3 is 2.62 bits per heavy atom. The molecule has 0 spiro atoms. The van der Waals surface area contributed by atoms with Crippen molar-refractivity contribution in [2.45, 2.75) is 24.5 Å². The first kappa shape index (κ1) is 15.9. The van der Waals surface area contributed by atoms with Crippen LogP contribution in [-0.4, -0.2) is 24.6 Å². The van der Waals surface area contributed by atoms with Crippen LogP contribution in [0.2, 0.25) is 0 Å². The highest BCUT2D eigenvalue weighted by Gasteiger charge is 2.02. The summed E-state index contributed by atoms with van der Waals surface area (Å²) in [5.74, 6) is 2.67. The molecule has 0 unspecified atom stereocenters. The fraction of sp³-hybridized carbons (Fsp3) is 0.375. The maximum atomic E-state index is 8.76. The SMILES string of the molecule is COCc1ccc(CNc2ccc(SCCCO)cc2)o1. The Labute approximate surface area is 129 Å². The standard InChI is InChI=1S/C16H21NO3S/c1-19-12-15-6-5-14(20-15)11-17-13-3-7-16(8-4-13)21-10-2-9-18/h3-8,17-18H,2,9-12H2,1H3. The van der Waals surface area contributed by atoms with Crippen LogP contribution in [0.15, 0.2) is 45.7 Å². The van der Waals surface area contributed by atoms with Gasteiger partial charge in [0.15, 0.2) is 0 Å². The molecule has 2 rings (SSSR count). The molecule has 0 saturated heterocycles. The average molecular weight is 307 g/mol. The van der Waals surface area contributed by atoms with Crippen molar-refractivity contribution in [2.24, 2.45) is 0 Å². The lowest BCUT2D eigenvalue weighted by Gasteiger charge is -2.06. The highest BCUT2D eigenvalue weighted by molar-refractivity contribution is 7.99. The van der Waals surface area contributed by atoms with Gasteiger partial charge in [-0.05, 0) is 42.8 Å². The first-order valence-electron chi connectivity index (χ1n) is 6.96. The van der Waals surface area contributed by atoms with Crippen molar-refractivity contribution in [3.8, 4) is 0 Å². The van der Waals surface area contributed by atoms with Crippen LogP contribution >= 0.6 is 11.8 Å². The van der Waals surface area contributed by atoms with Crippen LogP contribution in [0.3, 0.4) is 0 Å². The van der Waals surface area contributed by atoms with E-state index in [-0.39, 0.29) is 6.61 Å². The summed E-state index contributed by atoms with van der Waals surface area (Å²) < 4.78 is 10.6. The van der Waals surface area contributed by atoms with E-state index in [9.17, 15) is 0 Å². The second-order valence-electron chi connectivity index (χ2n) is 4.60. The predicted octanol–water partition coefficient (Wildman–Crippen LogP) is 3.51. The summed E-state index contributed by atoms with van der Waals surface area (Å²) in [5.41, 5.74) is 1.06. The molecule has 2 aromatic rings. The Morgan fingerprint density at radius 2 is 1.90 bits per heavy atom. The Morgan fingerprint density at radius 1 is 1.14 bits per heavy atom. The van der Waals surface area contributed by atoms with E-state index in [1.54, 1.807) is 18.9 Å². The van der Waals surface area contributed by atoms with Gasteiger partial charge in [-0.25, -0.2) is 0 Å². The number of furan rings is 1. The first-order chi connectivity index (χ1) is 10.3. The molecular formula is C16H21NO3S. The number of hydrogen-bond acceptors (Lipinski definition) is 5. The fourth-order valence-corrected chi connectivity index (χ4v) is 2.69. The van der Waals surface area contributed by atoms with Crippen molar-refractivity contribution in [1.29, 1.82) is 0 Å². The summed E-state index contributed by atoms with van der Waals surface area (Å²) in [5, 5.41) is 12.1. The zero-order chi connectivity index (χ0) is 14.9. The molecule has 0 saturated carbocycles. The second kappa shape index (κ2) is 8.77. The molecule has 0 aliphatic heterocycles. The van der Waals surface area contributed by atoms with Gasteiger partial charge in [-0.15, -0.1) is 11.8 Å². The predicted molar refractivity (Wildman–Crippen MR) is 85.6 cm³/mol. The van der Waals surface area contributed by atoms with Gasteiger partial charge in [-0.3, -0.25) is 0 Å². The fourth-order valence-electron chi connectivity index (χ4n) is 1.85. The minimum absolute atomic E-state index is 0.251. The Hall–Kier alpha value is -1.43. The van der Waals surface area contributed by atoms with Crippen LogP contribution in [0.1, 0.15) is 17.9 Å². The van der Waals surface area contributed by atoms with Crippen LogP contribution in [0.25, 0.3) is 0 Å². The number of aliphatic hydroxyl groups excluding tert-OH is 1. The molecule has 1 aromatic heterocycles. The minimum atomic E-state index is 0.251. The molecular weight excluding hydrogens is 286 g/mol. The summed E-state index contributed by atoms with van der Waals surface area (Å²) in [6.07, 6.45) is 0.826. The van der Waals surface area contributed by atoms with E-state index in [4.69, 9.17) is 14.3 Å². The maximum Gasteiger partial charge on any atom is 0.129 e. The number of nitrogens with one attached hydrogen (secondary N) is 1. The highest BCUT2D eigenvalue weighted by atomic mass is 32.2. The number of ether oxygens (including phenoxy) is 1. The molecule has 0 fully saturated rings. The summed E-state index contributed by atoms with van der Waals surface area (Å²) in [6, 6.07) is 12.2.